The van der Waals surface area contributed by atoms with Crippen LogP contribution in [0.3, 0.4) is 0 Å². The van der Waals surface area contributed by atoms with Crippen LogP contribution >= 0.6 is 0 Å². The number of ether oxygens (including phenoxy) is 1. The van der Waals surface area contributed by atoms with E-state index in [0.29, 0.717) is 0 Å². The first-order chi connectivity index (χ1) is 11.1. The van der Waals surface area contributed by atoms with Crippen LogP contribution in [0.15, 0.2) is 30.3 Å². The average Bonchev–Trinajstić information content (AvgIpc) is 2.45. The lowest BCUT2D eigenvalue weighted by molar-refractivity contribution is -0.308. The van der Waals surface area contributed by atoms with Crippen LogP contribution in [-0.4, -0.2) is 35.7 Å². The van der Waals surface area contributed by atoms with E-state index in [9.17, 15) is 19.5 Å². The molecule has 7 heteroatoms. The van der Waals surface area contributed by atoms with Crippen LogP contribution in [0.25, 0.3) is 0 Å². The summed E-state index contributed by atoms with van der Waals surface area (Å²) in [4.78, 5) is 35.0. The van der Waals surface area contributed by atoms with E-state index in [-0.39, 0.29) is 6.42 Å². The van der Waals surface area contributed by atoms with Crippen molar-refractivity contribution in [3.8, 4) is 0 Å². The van der Waals surface area contributed by atoms with E-state index in [1.165, 1.54) is 6.92 Å². The summed E-state index contributed by atoms with van der Waals surface area (Å²) in [6, 6.07) is 6.73. The van der Waals surface area contributed by atoms with E-state index in [0.717, 1.165) is 5.56 Å². The molecule has 0 fully saturated rings. The second kappa shape index (κ2) is 8.33. The van der Waals surface area contributed by atoms with Gasteiger partial charge in [-0.2, -0.15) is 0 Å². The minimum Gasteiger partial charge on any atom is -0.548 e. The van der Waals surface area contributed by atoms with Crippen molar-refractivity contribution in [1.29, 1.82) is 0 Å². The maximum atomic E-state index is 12.1. The van der Waals surface area contributed by atoms with Gasteiger partial charge in [-0.15, -0.1) is 0 Å². The molecule has 0 saturated heterocycles. The van der Waals surface area contributed by atoms with Crippen molar-refractivity contribution in [1.82, 2.24) is 10.6 Å². The Balaban J connectivity index is 2.61. The molecule has 1 rings (SSSR count). The van der Waals surface area contributed by atoms with Crippen molar-refractivity contribution in [3.63, 3.8) is 0 Å². The Morgan fingerprint density at radius 2 is 1.71 bits per heavy atom. The van der Waals surface area contributed by atoms with Gasteiger partial charge in [-0.1, -0.05) is 30.3 Å². The number of carbonyl (C=O) groups is 3. The van der Waals surface area contributed by atoms with E-state index in [1.807, 2.05) is 6.07 Å². The Morgan fingerprint density at radius 1 is 1.12 bits per heavy atom. The van der Waals surface area contributed by atoms with E-state index in [4.69, 9.17) is 4.74 Å². The predicted octanol–water partition coefficient (Wildman–Crippen LogP) is 0.377. The Labute approximate surface area is 141 Å². The second-order valence-corrected chi connectivity index (χ2v) is 6.44. The molecule has 2 atom stereocenters. The molecule has 1 aromatic carbocycles. The molecule has 0 aliphatic carbocycles. The van der Waals surface area contributed by atoms with Crippen LogP contribution < -0.4 is 15.7 Å². The molecule has 0 aromatic heterocycles. The smallest absolute Gasteiger partial charge is 0.408 e. The highest BCUT2D eigenvalue weighted by molar-refractivity contribution is 5.88. The molecule has 0 heterocycles. The number of nitrogens with one attached hydrogen (secondary N) is 2. The fourth-order valence-corrected chi connectivity index (χ4v) is 1.89. The maximum absolute atomic E-state index is 12.1. The monoisotopic (exact) mass is 335 g/mol. The SMILES string of the molecule is C[C@@H](NC(=O)OC(C)(C)C)C(=O)N[C@@H](Cc1ccccc1)C(=O)[O-]. The number of aliphatic carboxylic acids is 1. The minimum absolute atomic E-state index is 0.0913. The second-order valence-electron chi connectivity index (χ2n) is 6.44. The summed E-state index contributed by atoms with van der Waals surface area (Å²) in [7, 11) is 0. The van der Waals surface area contributed by atoms with Crippen molar-refractivity contribution in [2.75, 3.05) is 0 Å². The molecule has 7 nitrogen and oxygen atoms in total. The van der Waals surface area contributed by atoms with Gasteiger partial charge in [0.05, 0.1) is 12.0 Å². The number of amides is 2. The van der Waals surface area contributed by atoms with Crippen LogP contribution in [0, 0.1) is 0 Å². The Hall–Kier alpha value is -2.57. The van der Waals surface area contributed by atoms with Gasteiger partial charge in [-0.3, -0.25) is 4.79 Å². The highest BCUT2D eigenvalue weighted by Crippen LogP contribution is 2.07. The van der Waals surface area contributed by atoms with Gasteiger partial charge in [0.25, 0.3) is 0 Å². The van der Waals surface area contributed by atoms with Crippen LogP contribution in [0.1, 0.15) is 33.3 Å². The third-order valence-corrected chi connectivity index (χ3v) is 3.01. The maximum Gasteiger partial charge on any atom is 0.408 e. The molecule has 0 radical (unpaired) electrons. The zero-order valence-electron chi connectivity index (χ0n) is 14.3. The number of hydrogen-bond acceptors (Lipinski definition) is 5. The summed E-state index contributed by atoms with van der Waals surface area (Å²) in [6.45, 7) is 6.53. The lowest BCUT2D eigenvalue weighted by Crippen LogP contribution is -2.54. The largest absolute Gasteiger partial charge is 0.548 e. The fraction of sp³-hybridized carbons (Fsp3) is 0.471. The highest BCUT2D eigenvalue weighted by atomic mass is 16.6. The number of carboxylic acids is 1. The molecule has 0 saturated carbocycles. The summed E-state index contributed by atoms with van der Waals surface area (Å²) in [5.74, 6) is -2.03. The molecule has 0 bridgehead atoms. The molecule has 0 aliphatic heterocycles. The first-order valence-corrected chi connectivity index (χ1v) is 7.63. The lowest BCUT2D eigenvalue weighted by atomic mass is 10.1. The minimum atomic E-state index is -1.39. The standard InChI is InChI=1S/C17H24N2O5/c1-11(18-16(23)24-17(2,3)4)14(20)19-13(15(21)22)10-12-8-6-5-7-9-12/h5-9,11,13H,10H2,1-4H3,(H,18,23)(H,19,20)(H,21,22)/p-1/t11-,13+/m1/s1. The van der Waals surface area contributed by atoms with E-state index >= 15 is 0 Å². The summed E-state index contributed by atoms with van der Waals surface area (Å²) < 4.78 is 5.05. The predicted molar refractivity (Wildman–Crippen MR) is 85.9 cm³/mol. The third-order valence-electron chi connectivity index (χ3n) is 3.01. The normalized spacial score (nSPS) is 13.5. The van der Waals surface area contributed by atoms with Crippen molar-refractivity contribution in [2.45, 2.75) is 51.8 Å². The zero-order valence-corrected chi connectivity index (χ0v) is 14.3. The van der Waals surface area contributed by atoms with Gasteiger partial charge in [0, 0.05) is 0 Å². The van der Waals surface area contributed by atoms with Gasteiger partial charge in [0.15, 0.2) is 0 Å². The van der Waals surface area contributed by atoms with Crippen molar-refractivity contribution >= 4 is 18.0 Å². The molecular weight excluding hydrogens is 312 g/mol. The van der Waals surface area contributed by atoms with Crippen LogP contribution in [0.4, 0.5) is 4.79 Å². The van der Waals surface area contributed by atoms with Gasteiger partial charge < -0.3 is 25.3 Å². The Bertz CT molecular complexity index is 580. The van der Waals surface area contributed by atoms with Gasteiger partial charge in [0.1, 0.15) is 11.6 Å². The summed E-state index contributed by atoms with van der Waals surface area (Å²) >= 11 is 0. The zero-order chi connectivity index (χ0) is 18.3. The van der Waals surface area contributed by atoms with Gasteiger partial charge in [-0.05, 0) is 39.7 Å². The molecule has 0 spiro atoms. The fourth-order valence-electron chi connectivity index (χ4n) is 1.89. The molecule has 2 amide bonds. The van der Waals surface area contributed by atoms with E-state index in [2.05, 4.69) is 10.6 Å². The van der Waals surface area contributed by atoms with Crippen molar-refractivity contribution in [3.05, 3.63) is 35.9 Å². The van der Waals surface area contributed by atoms with Crippen molar-refractivity contribution in [2.24, 2.45) is 0 Å². The van der Waals surface area contributed by atoms with Gasteiger partial charge in [-0.25, -0.2) is 4.79 Å². The van der Waals surface area contributed by atoms with Crippen LogP contribution in [-0.2, 0) is 20.7 Å². The van der Waals surface area contributed by atoms with Crippen molar-refractivity contribution < 1.29 is 24.2 Å². The molecule has 0 unspecified atom stereocenters. The number of alkyl carbamates (subject to hydrolysis) is 1. The summed E-state index contributed by atoms with van der Waals surface area (Å²) in [5, 5.41) is 16.0. The van der Waals surface area contributed by atoms with Gasteiger partial charge in [0.2, 0.25) is 5.91 Å². The molecule has 0 aliphatic rings. The number of carbonyl (C=O) groups excluding carboxylic acids is 3. The Kier molecular flexibility index (Phi) is 6.76. The molecule has 132 valence electrons. The van der Waals surface area contributed by atoms with E-state index < -0.39 is 35.7 Å². The third kappa shape index (κ3) is 7.13. The van der Waals surface area contributed by atoms with Gasteiger partial charge >= 0.3 is 6.09 Å². The number of rotatable bonds is 6. The first kappa shape index (κ1) is 19.5. The average molecular weight is 335 g/mol. The number of carboxylic acid groups (broad SMARTS) is 1. The summed E-state index contributed by atoms with van der Waals surface area (Å²) in [5.41, 5.74) is 0.0564. The Morgan fingerprint density at radius 3 is 2.21 bits per heavy atom. The quantitative estimate of drug-likeness (QED) is 0.781. The van der Waals surface area contributed by atoms with E-state index in [1.54, 1.807) is 45.0 Å². The number of hydrogen-bond donors (Lipinski definition) is 2. The molecule has 24 heavy (non-hydrogen) atoms. The summed E-state index contributed by atoms with van der Waals surface area (Å²) in [6.07, 6.45) is -0.660. The highest BCUT2D eigenvalue weighted by Gasteiger charge is 2.23. The lowest BCUT2D eigenvalue weighted by Gasteiger charge is -2.24. The first-order valence-electron chi connectivity index (χ1n) is 7.63. The van der Waals surface area contributed by atoms with Crippen LogP contribution in [0.5, 0.6) is 0 Å². The van der Waals surface area contributed by atoms with Crippen LogP contribution in [0.2, 0.25) is 0 Å². The molecule has 2 N–H and O–H groups in total. The molecule has 1 aromatic rings. The topological polar surface area (TPSA) is 108 Å². The molecular formula is C17H23N2O5-. The number of benzene rings is 1.